The highest BCUT2D eigenvalue weighted by Gasteiger charge is 2.11. The highest BCUT2D eigenvalue weighted by atomic mass is 16.5. The average molecular weight is 486 g/mol. The Balaban J connectivity index is 1.25. The fourth-order valence-corrected chi connectivity index (χ4v) is 4.38. The van der Waals surface area contributed by atoms with Crippen molar-refractivity contribution in [3.05, 3.63) is 89.7 Å². The van der Waals surface area contributed by atoms with Crippen LogP contribution in [0.3, 0.4) is 0 Å². The Labute approximate surface area is 213 Å². The number of unbranched alkanes of at least 4 members (excludes halogenated alkanes) is 2. The van der Waals surface area contributed by atoms with Crippen LogP contribution in [-0.2, 0) is 13.0 Å². The maximum atomic E-state index is 12.3. The number of hydrogen-bond donors (Lipinski definition) is 1. The summed E-state index contributed by atoms with van der Waals surface area (Å²) < 4.78 is 13.7. The number of carbonyl (C=O) groups is 1. The first-order valence-corrected chi connectivity index (χ1v) is 12.7. The molecule has 0 atom stereocenters. The minimum atomic E-state index is -0.00386. The molecule has 0 saturated carbocycles. The number of rotatable bonds is 13. The molecule has 1 N–H and O–H groups in total. The Morgan fingerprint density at radius 1 is 0.917 bits per heavy atom. The van der Waals surface area contributed by atoms with Crippen LogP contribution in [0.15, 0.2) is 72.8 Å². The Bertz CT molecular complexity index is 1280. The summed E-state index contributed by atoms with van der Waals surface area (Å²) in [6.07, 6.45) is 4.80. The molecule has 0 unspecified atom stereocenters. The Morgan fingerprint density at radius 2 is 1.72 bits per heavy atom. The number of carbonyl (C=O) groups excluding carboxylic acids is 1. The van der Waals surface area contributed by atoms with Crippen molar-refractivity contribution in [3.8, 4) is 11.5 Å². The molecule has 36 heavy (non-hydrogen) atoms. The van der Waals surface area contributed by atoms with E-state index in [9.17, 15) is 4.79 Å². The van der Waals surface area contributed by atoms with E-state index in [1.54, 1.807) is 7.11 Å². The molecule has 1 amide bonds. The van der Waals surface area contributed by atoms with Gasteiger partial charge in [0.2, 0.25) is 0 Å². The molecule has 0 aliphatic carbocycles. The van der Waals surface area contributed by atoms with Gasteiger partial charge in [-0.15, -0.1) is 0 Å². The van der Waals surface area contributed by atoms with E-state index in [1.807, 2.05) is 61.5 Å². The van der Waals surface area contributed by atoms with Crippen LogP contribution >= 0.6 is 0 Å². The van der Waals surface area contributed by atoms with Gasteiger partial charge in [-0.1, -0.05) is 48.4 Å². The van der Waals surface area contributed by atoms with Crippen LogP contribution in [0.1, 0.15) is 47.4 Å². The van der Waals surface area contributed by atoms with Gasteiger partial charge < -0.3 is 19.4 Å². The summed E-state index contributed by atoms with van der Waals surface area (Å²) in [4.78, 5) is 17.2. The van der Waals surface area contributed by atoms with Crippen molar-refractivity contribution in [3.63, 3.8) is 0 Å². The van der Waals surface area contributed by atoms with E-state index in [1.165, 1.54) is 0 Å². The second-order valence-electron chi connectivity index (χ2n) is 8.96. The second kappa shape index (κ2) is 12.8. The highest BCUT2D eigenvalue weighted by molar-refractivity contribution is 5.94. The quantitative estimate of drug-likeness (QED) is 0.237. The van der Waals surface area contributed by atoms with Gasteiger partial charge in [-0.3, -0.25) is 4.79 Å². The molecule has 6 heteroatoms. The molecule has 0 aliphatic heterocycles. The van der Waals surface area contributed by atoms with Crippen LogP contribution in [0.25, 0.3) is 11.0 Å². The fourth-order valence-electron chi connectivity index (χ4n) is 4.38. The van der Waals surface area contributed by atoms with Crippen molar-refractivity contribution in [1.29, 1.82) is 0 Å². The molecule has 0 aliphatic rings. The van der Waals surface area contributed by atoms with Gasteiger partial charge in [0.15, 0.2) is 11.5 Å². The zero-order chi connectivity index (χ0) is 25.2. The first kappa shape index (κ1) is 25.3. The third-order valence-electron chi connectivity index (χ3n) is 6.23. The standard InChI is InChI=1S/C30H35N3O3/c1-23-12-10-13-24(22-23)30(34)31-19-9-3-4-18-29-32-25-14-5-6-15-26(25)33(29)20-11-21-36-28-17-8-7-16-27(28)35-2/h5-8,10,12-17,22H,3-4,9,11,18-21H2,1-2H3,(H,31,34). The molecular weight excluding hydrogens is 450 g/mol. The van der Waals surface area contributed by atoms with Crippen LogP contribution < -0.4 is 14.8 Å². The van der Waals surface area contributed by atoms with Gasteiger partial charge in [0.25, 0.3) is 5.91 Å². The molecule has 4 rings (SSSR count). The van der Waals surface area contributed by atoms with Crippen LogP contribution in [0.4, 0.5) is 0 Å². The first-order chi connectivity index (χ1) is 17.7. The van der Waals surface area contributed by atoms with E-state index in [0.717, 1.165) is 78.1 Å². The molecule has 0 fully saturated rings. The van der Waals surface area contributed by atoms with E-state index in [-0.39, 0.29) is 5.91 Å². The van der Waals surface area contributed by atoms with Crippen molar-refractivity contribution in [2.45, 2.75) is 45.6 Å². The molecule has 4 aromatic rings. The van der Waals surface area contributed by atoms with Gasteiger partial charge >= 0.3 is 0 Å². The molecule has 0 radical (unpaired) electrons. The van der Waals surface area contributed by atoms with Gasteiger partial charge in [-0.2, -0.15) is 0 Å². The number of nitrogens with zero attached hydrogens (tertiary/aromatic N) is 2. The number of aromatic nitrogens is 2. The zero-order valence-electron chi connectivity index (χ0n) is 21.2. The van der Waals surface area contributed by atoms with Crippen LogP contribution in [-0.4, -0.2) is 35.7 Å². The maximum absolute atomic E-state index is 12.3. The predicted octanol–water partition coefficient (Wildman–Crippen LogP) is 5.97. The van der Waals surface area contributed by atoms with Crippen molar-refractivity contribution in [2.24, 2.45) is 0 Å². The van der Waals surface area contributed by atoms with Crippen molar-refractivity contribution in [2.75, 3.05) is 20.3 Å². The third kappa shape index (κ3) is 6.66. The first-order valence-electron chi connectivity index (χ1n) is 12.7. The number of amides is 1. The van der Waals surface area contributed by atoms with Gasteiger partial charge in [0.05, 0.1) is 24.8 Å². The lowest BCUT2D eigenvalue weighted by atomic mass is 10.1. The number of ether oxygens (including phenoxy) is 2. The largest absolute Gasteiger partial charge is 0.493 e. The Morgan fingerprint density at radius 3 is 2.56 bits per heavy atom. The minimum absolute atomic E-state index is 0.00386. The molecule has 6 nitrogen and oxygen atoms in total. The number of methoxy groups -OCH3 is 1. The van der Waals surface area contributed by atoms with Gasteiger partial charge in [0.1, 0.15) is 5.82 Å². The van der Waals surface area contributed by atoms with Crippen molar-refractivity contribution >= 4 is 16.9 Å². The topological polar surface area (TPSA) is 65.4 Å². The Hall–Kier alpha value is -3.80. The number of nitrogens with one attached hydrogen (secondary N) is 1. The second-order valence-corrected chi connectivity index (χ2v) is 8.96. The van der Waals surface area contributed by atoms with Crippen LogP contribution in [0, 0.1) is 6.92 Å². The summed E-state index contributed by atoms with van der Waals surface area (Å²) in [5, 5.41) is 3.03. The summed E-state index contributed by atoms with van der Waals surface area (Å²) in [6, 6.07) is 23.7. The van der Waals surface area contributed by atoms with Gasteiger partial charge in [-0.05, 0) is 62.6 Å². The van der Waals surface area contributed by atoms with Crippen molar-refractivity contribution in [1.82, 2.24) is 14.9 Å². The summed E-state index contributed by atoms with van der Waals surface area (Å²) in [7, 11) is 1.66. The number of hydrogen-bond acceptors (Lipinski definition) is 4. The summed E-state index contributed by atoms with van der Waals surface area (Å²) in [5.74, 6) is 2.62. The summed E-state index contributed by atoms with van der Waals surface area (Å²) in [5.41, 5.74) is 4.01. The van der Waals surface area contributed by atoms with E-state index in [0.29, 0.717) is 13.2 Å². The normalized spacial score (nSPS) is 10.9. The molecule has 188 valence electrons. The lowest BCUT2D eigenvalue weighted by Crippen LogP contribution is -2.24. The number of imidazole rings is 1. The molecule has 3 aromatic carbocycles. The summed E-state index contributed by atoms with van der Waals surface area (Å²) >= 11 is 0. The molecular formula is C30H35N3O3. The molecule has 0 saturated heterocycles. The highest BCUT2D eigenvalue weighted by Crippen LogP contribution is 2.26. The lowest BCUT2D eigenvalue weighted by Gasteiger charge is -2.12. The maximum Gasteiger partial charge on any atom is 0.251 e. The SMILES string of the molecule is COc1ccccc1OCCCn1c(CCCCCNC(=O)c2cccc(C)c2)nc2ccccc21. The monoisotopic (exact) mass is 485 g/mol. The number of benzene rings is 3. The molecule has 0 bridgehead atoms. The molecule has 1 aromatic heterocycles. The smallest absolute Gasteiger partial charge is 0.251 e. The molecule has 0 spiro atoms. The predicted molar refractivity (Wildman–Crippen MR) is 144 cm³/mol. The van der Waals surface area contributed by atoms with Gasteiger partial charge in [0, 0.05) is 25.1 Å². The summed E-state index contributed by atoms with van der Waals surface area (Å²) in [6.45, 7) is 4.13. The van der Waals surface area contributed by atoms with Crippen molar-refractivity contribution < 1.29 is 14.3 Å². The number of aryl methyl sites for hydroxylation is 3. The van der Waals surface area contributed by atoms with Crippen LogP contribution in [0.5, 0.6) is 11.5 Å². The number of fused-ring (bicyclic) bond motifs is 1. The molecule has 1 heterocycles. The third-order valence-corrected chi connectivity index (χ3v) is 6.23. The Kier molecular flexibility index (Phi) is 8.98. The van der Waals surface area contributed by atoms with Gasteiger partial charge in [-0.25, -0.2) is 4.98 Å². The average Bonchev–Trinajstić information content (AvgIpc) is 3.26. The fraction of sp³-hybridized carbons (Fsp3) is 0.333. The minimum Gasteiger partial charge on any atom is -0.493 e. The van der Waals surface area contributed by atoms with E-state index in [4.69, 9.17) is 14.5 Å². The van der Waals surface area contributed by atoms with E-state index < -0.39 is 0 Å². The van der Waals surface area contributed by atoms with E-state index in [2.05, 4.69) is 28.1 Å². The van der Waals surface area contributed by atoms with E-state index >= 15 is 0 Å². The lowest BCUT2D eigenvalue weighted by molar-refractivity contribution is 0.0953. The number of para-hydroxylation sites is 4. The van der Waals surface area contributed by atoms with Crippen LogP contribution in [0.2, 0.25) is 0 Å². The zero-order valence-corrected chi connectivity index (χ0v) is 21.2.